The zero-order valence-corrected chi connectivity index (χ0v) is 14.9. The van der Waals surface area contributed by atoms with Crippen LogP contribution in [0.25, 0.3) is 6.08 Å². The van der Waals surface area contributed by atoms with E-state index in [-0.39, 0.29) is 23.1 Å². The number of benzene rings is 2. The van der Waals surface area contributed by atoms with E-state index in [1.807, 2.05) is 26.0 Å². The van der Waals surface area contributed by atoms with Crippen molar-refractivity contribution in [2.75, 3.05) is 6.61 Å². The molecule has 0 aliphatic heterocycles. The van der Waals surface area contributed by atoms with Gasteiger partial charge in [0.05, 0.1) is 4.92 Å². The van der Waals surface area contributed by atoms with Gasteiger partial charge in [0.25, 0.3) is 5.69 Å². The van der Waals surface area contributed by atoms with E-state index in [9.17, 15) is 19.7 Å². The van der Waals surface area contributed by atoms with Crippen molar-refractivity contribution < 1.29 is 19.2 Å². The average Bonchev–Trinajstić information content (AvgIpc) is 2.60. The van der Waals surface area contributed by atoms with E-state index in [4.69, 9.17) is 16.3 Å². The predicted octanol–water partition coefficient (Wildman–Crippen LogP) is 4.30. The van der Waals surface area contributed by atoms with Crippen molar-refractivity contribution in [3.8, 4) is 0 Å². The van der Waals surface area contributed by atoms with Gasteiger partial charge in [-0.2, -0.15) is 0 Å². The molecule has 0 atom stereocenters. The molecule has 2 rings (SSSR count). The van der Waals surface area contributed by atoms with Crippen LogP contribution in [0, 0.1) is 24.0 Å². The minimum Gasteiger partial charge on any atom is -0.454 e. The van der Waals surface area contributed by atoms with Gasteiger partial charge in [0.1, 0.15) is 5.02 Å². The number of nitro groups is 1. The number of nitro benzene ring substituents is 1. The highest BCUT2D eigenvalue weighted by Gasteiger charge is 2.13. The molecule has 26 heavy (non-hydrogen) atoms. The molecule has 0 N–H and O–H groups in total. The fourth-order valence-corrected chi connectivity index (χ4v) is 2.42. The Hall–Kier alpha value is -2.99. The monoisotopic (exact) mass is 373 g/mol. The summed E-state index contributed by atoms with van der Waals surface area (Å²) in [6.45, 7) is 3.30. The van der Waals surface area contributed by atoms with Crippen molar-refractivity contribution in [1.29, 1.82) is 0 Å². The summed E-state index contributed by atoms with van der Waals surface area (Å²) >= 11 is 5.73. The topological polar surface area (TPSA) is 86.5 Å². The van der Waals surface area contributed by atoms with Crippen molar-refractivity contribution in [3.05, 3.63) is 79.9 Å². The lowest BCUT2D eigenvalue weighted by molar-refractivity contribution is -0.384. The van der Waals surface area contributed by atoms with Crippen molar-refractivity contribution in [1.82, 2.24) is 0 Å². The number of carbonyl (C=O) groups excluding carboxylic acids is 2. The Labute approximate surface area is 155 Å². The van der Waals surface area contributed by atoms with Gasteiger partial charge in [-0.1, -0.05) is 35.4 Å². The minimum atomic E-state index is -0.721. The molecular formula is C19H16ClNO5. The average molecular weight is 374 g/mol. The molecule has 0 saturated heterocycles. The van der Waals surface area contributed by atoms with E-state index in [1.54, 1.807) is 6.07 Å². The van der Waals surface area contributed by atoms with Crippen LogP contribution < -0.4 is 0 Å². The van der Waals surface area contributed by atoms with Crippen molar-refractivity contribution >= 4 is 35.1 Å². The molecule has 0 heterocycles. The Morgan fingerprint density at radius 1 is 1.19 bits per heavy atom. The maximum absolute atomic E-state index is 12.2. The highest BCUT2D eigenvalue weighted by molar-refractivity contribution is 6.32. The standard InChI is InChI=1S/C19H16ClNO5/c1-12-3-4-13(2)15(9-12)18(22)11-26-19(23)8-6-14-5-7-16(20)17(10-14)21(24)25/h3-10H,11H2,1-2H3/b8-6+. The third-order valence-electron chi connectivity index (χ3n) is 3.62. The first-order valence-electron chi connectivity index (χ1n) is 7.67. The van der Waals surface area contributed by atoms with Gasteiger partial charge in [0.15, 0.2) is 6.61 Å². The van der Waals surface area contributed by atoms with Crippen molar-refractivity contribution in [2.24, 2.45) is 0 Å². The van der Waals surface area contributed by atoms with E-state index in [1.165, 1.54) is 24.3 Å². The minimum absolute atomic E-state index is 0.00819. The summed E-state index contributed by atoms with van der Waals surface area (Å²) in [6.07, 6.45) is 2.46. The molecule has 0 fully saturated rings. The summed E-state index contributed by atoms with van der Waals surface area (Å²) in [7, 11) is 0. The lowest BCUT2D eigenvalue weighted by Crippen LogP contribution is -2.13. The molecule has 0 aromatic heterocycles. The molecule has 0 bridgehead atoms. The number of esters is 1. The first kappa shape index (κ1) is 19.3. The Morgan fingerprint density at radius 2 is 1.92 bits per heavy atom. The van der Waals surface area contributed by atoms with Crippen LogP contribution in [0.2, 0.25) is 5.02 Å². The van der Waals surface area contributed by atoms with Crippen LogP contribution in [0.15, 0.2) is 42.5 Å². The van der Waals surface area contributed by atoms with Gasteiger partial charge in [0, 0.05) is 17.7 Å². The zero-order valence-electron chi connectivity index (χ0n) is 14.2. The molecule has 2 aromatic carbocycles. The summed E-state index contributed by atoms with van der Waals surface area (Å²) < 4.78 is 4.94. The smallest absolute Gasteiger partial charge is 0.331 e. The summed E-state index contributed by atoms with van der Waals surface area (Å²) in [5.41, 5.74) is 2.41. The number of hydrogen-bond donors (Lipinski definition) is 0. The van der Waals surface area contributed by atoms with Gasteiger partial charge >= 0.3 is 5.97 Å². The molecule has 0 aliphatic rings. The molecule has 2 aromatic rings. The number of rotatable bonds is 6. The fraction of sp³-hybridized carbons (Fsp3) is 0.158. The van der Waals surface area contributed by atoms with Gasteiger partial charge in [-0.15, -0.1) is 0 Å². The van der Waals surface area contributed by atoms with E-state index in [0.717, 1.165) is 17.2 Å². The van der Waals surface area contributed by atoms with Gasteiger partial charge in [-0.05, 0) is 43.2 Å². The predicted molar refractivity (Wildman–Crippen MR) is 98.3 cm³/mol. The number of ketones is 1. The first-order chi connectivity index (χ1) is 12.3. The van der Waals surface area contributed by atoms with Gasteiger partial charge in [-0.3, -0.25) is 14.9 Å². The third kappa shape index (κ3) is 5.00. The summed E-state index contributed by atoms with van der Waals surface area (Å²) in [5.74, 6) is -1.02. The Bertz CT molecular complexity index is 905. The lowest BCUT2D eigenvalue weighted by atomic mass is 10.0. The second-order valence-electron chi connectivity index (χ2n) is 5.65. The number of carbonyl (C=O) groups is 2. The van der Waals surface area contributed by atoms with E-state index < -0.39 is 10.9 Å². The SMILES string of the molecule is Cc1ccc(C)c(C(=O)COC(=O)/C=C/c2ccc(Cl)c([N+](=O)[O-])c2)c1. The van der Waals surface area contributed by atoms with E-state index in [2.05, 4.69) is 0 Å². The molecule has 0 aliphatic carbocycles. The van der Waals surface area contributed by atoms with Crippen molar-refractivity contribution in [2.45, 2.75) is 13.8 Å². The van der Waals surface area contributed by atoms with Crippen LogP contribution in [0.1, 0.15) is 27.0 Å². The highest BCUT2D eigenvalue weighted by Crippen LogP contribution is 2.25. The highest BCUT2D eigenvalue weighted by atomic mass is 35.5. The fourth-order valence-electron chi connectivity index (χ4n) is 2.24. The molecule has 0 unspecified atom stereocenters. The van der Waals surface area contributed by atoms with E-state index >= 15 is 0 Å². The number of hydrogen-bond acceptors (Lipinski definition) is 5. The molecule has 6 nitrogen and oxygen atoms in total. The second kappa shape index (κ2) is 8.40. The van der Waals surface area contributed by atoms with Crippen LogP contribution in [0.4, 0.5) is 5.69 Å². The molecule has 7 heteroatoms. The van der Waals surface area contributed by atoms with E-state index in [0.29, 0.717) is 11.1 Å². The van der Waals surface area contributed by atoms with Crippen LogP contribution >= 0.6 is 11.6 Å². The second-order valence-corrected chi connectivity index (χ2v) is 6.06. The Kier molecular flexibility index (Phi) is 6.25. The zero-order chi connectivity index (χ0) is 19.3. The molecule has 134 valence electrons. The molecular weight excluding hydrogens is 358 g/mol. The lowest BCUT2D eigenvalue weighted by Gasteiger charge is -2.06. The quantitative estimate of drug-likeness (QED) is 0.247. The van der Waals surface area contributed by atoms with Gasteiger partial charge in [0.2, 0.25) is 5.78 Å². The summed E-state index contributed by atoms with van der Waals surface area (Å²) in [5, 5.41) is 10.9. The van der Waals surface area contributed by atoms with Gasteiger partial charge < -0.3 is 4.74 Å². The Balaban J connectivity index is 1.99. The van der Waals surface area contributed by atoms with Crippen LogP contribution in [-0.4, -0.2) is 23.3 Å². The third-order valence-corrected chi connectivity index (χ3v) is 3.94. The number of nitrogens with zero attached hydrogens (tertiary/aromatic N) is 1. The maximum Gasteiger partial charge on any atom is 0.331 e. The summed E-state index contributed by atoms with van der Waals surface area (Å²) in [6, 6.07) is 9.61. The number of aryl methyl sites for hydroxylation is 2. The normalized spacial score (nSPS) is 10.7. The van der Waals surface area contributed by atoms with Crippen molar-refractivity contribution in [3.63, 3.8) is 0 Å². The molecule has 0 amide bonds. The molecule has 0 radical (unpaired) electrons. The molecule has 0 saturated carbocycles. The van der Waals surface area contributed by atoms with Crippen LogP contribution in [-0.2, 0) is 9.53 Å². The number of ether oxygens (including phenoxy) is 1. The van der Waals surface area contributed by atoms with Crippen LogP contribution in [0.5, 0.6) is 0 Å². The first-order valence-corrected chi connectivity index (χ1v) is 8.05. The molecule has 0 spiro atoms. The summed E-state index contributed by atoms with van der Waals surface area (Å²) in [4.78, 5) is 34.2. The number of Topliss-reactive ketones (excluding diaryl/α,β-unsaturated/α-hetero) is 1. The number of halogens is 1. The maximum atomic E-state index is 12.2. The largest absolute Gasteiger partial charge is 0.454 e. The Morgan fingerprint density at radius 3 is 2.62 bits per heavy atom. The van der Waals surface area contributed by atoms with Crippen LogP contribution in [0.3, 0.4) is 0 Å². The van der Waals surface area contributed by atoms with Gasteiger partial charge in [-0.25, -0.2) is 4.79 Å².